The Kier molecular flexibility index (Phi) is 6.79. The number of aliphatic carboxylic acids is 1. The molecule has 1 unspecified atom stereocenters. The number of aromatic nitrogens is 2. The number of thioether (sulfide) groups is 2. The van der Waals surface area contributed by atoms with E-state index in [0.29, 0.717) is 12.0 Å². The molecule has 0 amide bonds. The summed E-state index contributed by atoms with van der Waals surface area (Å²) in [6.45, 7) is 8.59. The molecule has 6 heteroatoms. The predicted molar refractivity (Wildman–Crippen MR) is 82.4 cm³/mol. The minimum Gasteiger partial charge on any atom is -0.481 e. The minimum absolute atomic E-state index is 0.0577. The zero-order valence-electron chi connectivity index (χ0n) is 11.9. The van der Waals surface area contributed by atoms with Crippen molar-refractivity contribution in [3.05, 3.63) is 11.9 Å². The molecule has 108 valence electrons. The summed E-state index contributed by atoms with van der Waals surface area (Å²) in [6.07, 6.45) is 1.88. The maximum absolute atomic E-state index is 10.7. The number of carboxylic acids is 1. The lowest BCUT2D eigenvalue weighted by atomic mass is 10.1. The monoisotopic (exact) mass is 302 g/mol. The normalized spacial score (nSPS) is 12.9. The zero-order chi connectivity index (χ0) is 14.4. The molecule has 0 aromatic carbocycles. The number of carbonyl (C=O) groups is 1. The molecular formula is C13H22N2O2S2. The van der Waals surface area contributed by atoms with Gasteiger partial charge in [0.2, 0.25) is 0 Å². The zero-order valence-corrected chi connectivity index (χ0v) is 13.6. The van der Waals surface area contributed by atoms with Crippen molar-refractivity contribution >= 4 is 29.5 Å². The number of nitrogens with zero attached hydrogens (tertiary/aromatic N) is 2. The second-order valence-electron chi connectivity index (χ2n) is 4.68. The van der Waals surface area contributed by atoms with Crippen molar-refractivity contribution in [3.8, 4) is 0 Å². The second kappa shape index (κ2) is 7.85. The number of hydrogen-bond acceptors (Lipinski definition) is 4. The summed E-state index contributed by atoms with van der Waals surface area (Å²) in [4.78, 5) is 15.1. The van der Waals surface area contributed by atoms with Crippen molar-refractivity contribution in [2.75, 3.05) is 17.3 Å². The molecule has 1 heterocycles. The highest BCUT2D eigenvalue weighted by molar-refractivity contribution is 7.99. The Labute approximate surface area is 123 Å². The van der Waals surface area contributed by atoms with Gasteiger partial charge in [0.15, 0.2) is 5.16 Å². The van der Waals surface area contributed by atoms with E-state index in [1.165, 1.54) is 17.5 Å². The van der Waals surface area contributed by atoms with Crippen LogP contribution in [-0.2, 0) is 4.79 Å². The fourth-order valence-electron chi connectivity index (χ4n) is 1.82. The first-order chi connectivity index (χ1) is 8.97. The van der Waals surface area contributed by atoms with Gasteiger partial charge < -0.3 is 9.67 Å². The predicted octanol–water partition coefficient (Wildman–Crippen LogP) is 3.50. The van der Waals surface area contributed by atoms with E-state index in [2.05, 4.69) is 37.2 Å². The molecule has 1 N–H and O–H groups in total. The third kappa shape index (κ3) is 4.76. The number of carboxylic acid groups (broad SMARTS) is 1. The maximum atomic E-state index is 10.7. The molecule has 0 aliphatic rings. The van der Waals surface area contributed by atoms with Crippen molar-refractivity contribution < 1.29 is 9.90 Å². The van der Waals surface area contributed by atoms with E-state index in [4.69, 9.17) is 5.11 Å². The molecule has 1 aromatic heterocycles. The molecule has 19 heavy (non-hydrogen) atoms. The van der Waals surface area contributed by atoms with Gasteiger partial charge in [0.1, 0.15) is 0 Å². The van der Waals surface area contributed by atoms with E-state index in [1.54, 1.807) is 0 Å². The maximum Gasteiger partial charge on any atom is 0.313 e. The molecule has 0 fully saturated rings. The Morgan fingerprint density at radius 3 is 2.68 bits per heavy atom. The van der Waals surface area contributed by atoms with Crippen LogP contribution in [0.1, 0.15) is 45.3 Å². The highest BCUT2D eigenvalue weighted by Gasteiger charge is 2.18. The highest BCUT2D eigenvalue weighted by Crippen LogP contribution is 2.28. The third-order valence-electron chi connectivity index (χ3n) is 2.71. The van der Waals surface area contributed by atoms with Crippen LogP contribution in [0.25, 0.3) is 0 Å². The quantitative estimate of drug-likeness (QED) is 0.745. The van der Waals surface area contributed by atoms with Crippen LogP contribution in [0.5, 0.6) is 0 Å². The van der Waals surface area contributed by atoms with Crippen molar-refractivity contribution in [2.24, 2.45) is 0 Å². The lowest BCUT2D eigenvalue weighted by Crippen LogP contribution is -2.14. The highest BCUT2D eigenvalue weighted by atomic mass is 32.2. The van der Waals surface area contributed by atoms with Crippen molar-refractivity contribution in [3.63, 3.8) is 0 Å². The molecule has 0 saturated carbocycles. The van der Waals surface area contributed by atoms with Crippen LogP contribution in [0, 0.1) is 0 Å². The fraction of sp³-hybridized carbons (Fsp3) is 0.692. The Hall–Kier alpha value is -0.620. The average Bonchev–Trinajstić information content (AvgIpc) is 2.77. The average molecular weight is 302 g/mol. The van der Waals surface area contributed by atoms with Crippen LogP contribution < -0.4 is 0 Å². The molecule has 0 bridgehead atoms. The smallest absolute Gasteiger partial charge is 0.313 e. The largest absolute Gasteiger partial charge is 0.481 e. The summed E-state index contributed by atoms with van der Waals surface area (Å²) in [7, 11) is 0. The second-order valence-corrected chi connectivity index (χ2v) is 6.94. The number of hydrogen-bond donors (Lipinski definition) is 1. The molecule has 4 nitrogen and oxygen atoms in total. The Bertz CT molecular complexity index is 419. The van der Waals surface area contributed by atoms with Crippen LogP contribution >= 0.6 is 23.5 Å². The lowest BCUT2D eigenvalue weighted by Gasteiger charge is -2.20. The van der Waals surface area contributed by atoms with Gasteiger partial charge in [-0.15, -0.1) is 0 Å². The first-order valence-electron chi connectivity index (χ1n) is 6.46. The van der Waals surface area contributed by atoms with Gasteiger partial charge in [-0.05, 0) is 18.6 Å². The first kappa shape index (κ1) is 16.4. The van der Waals surface area contributed by atoms with Crippen LogP contribution in [-0.4, -0.2) is 37.9 Å². The van der Waals surface area contributed by atoms with Crippen molar-refractivity contribution in [1.29, 1.82) is 0 Å². The van der Waals surface area contributed by atoms with Gasteiger partial charge in [0.25, 0.3) is 0 Å². The summed E-state index contributed by atoms with van der Waals surface area (Å²) in [5, 5.41) is 9.61. The topological polar surface area (TPSA) is 55.1 Å². The lowest BCUT2D eigenvalue weighted by molar-refractivity contribution is -0.133. The number of imidazole rings is 1. The van der Waals surface area contributed by atoms with Crippen molar-refractivity contribution in [2.45, 2.75) is 44.8 Å². The van der Waals surface area contributed by atoms with E-state index in [1.807, 2.05) is 18.0 Å². The van der Waals surface area contributed by atoms with Gasteiger partial charge in [-0.2, -0.15) is 11.8 Å². The summed E-state index contributed by atoms with van der Waals surface area (Å²) < 4.78 is 2.20. The Morgan fingerprint density at radius 1 is 1.47 bits per heavy atom. The molecule has 1 atom stereocenters. The van der Waals surface area contributed by atoms with Gasteiger partial charge in [0.05, 0.1) is 5.75 Å². The van der Waals surface area contributed by atoms with Crippen LogP contribution in [0.2, 0.25) is 0 Å². The molecule has 0 radical (unpaired) electrons. The molecule has 0 saturated heterocycles. The Morgan fingerprint density at radius 2 is 2.16 bits per heavy atom. The van der Waals surface area contributed by atoms with Gasteiger partial charge in [-0.3, -0.25) is 4.79 Å². The minimum atomic E-state index is -0.804. The van der Waals surface area contributed by atoms with E-state index in [-0.39, 0.29) is 5.75 Å². The van der Waals surface area contributed by atoms with E-state index >= 15 is 0 Å². The summed E-state index contributed by atoms with van der Waals surface area (Å²) in [5.74, 6) is 1.75. The number of rotatable bonds is 8. The summed E-state index contributed by atoms with van der Waals surface area (Å²) in [5.41, 5.74) is 1.18. The molecule has 0 spiro atoms. The van der Waals surface area contributed by atoms with Crippen LogP contribution in [0.15, 0.2) is 11.4 Å². The van der Waals surface area contributed by atoms with Gasteiger partial charge in [0, 0.05) is 23.7 Å². The van der Waals surface area contributed by atoms with Gasteiger partial charge in [-0.25, -0.2) is 4.98 Å². The molecule has 0 aliphatic carbocycles. The van der Waals surface area contributed by atoms with E-state index in [9.17, 15) is 4.79 Å². The third-order valence-corrected chi connectivity index (χ3v) is 4.79. The van der Waals surface area contributed by atoms with E-state index in [0.717, 1.165) is 16.7 Å². The molecular weight excluding hydrogens is 280 g/mol. The first-order valence-corrected chi connectivity index (χ1v) is 8.60. The molecule has 0 aliphatic heterocycles. The standard InChI is InChI=1S/C13H22N2O2S2/c1-5-18-7-10(4)15-11(9(2)3)6-14-13(15)19-8-12(16)17/h6,9-10H,5,7-8H2,1-4H3,(H,16,17). The molecule has 1 rings (SSSR count). The summed E-state index contributed by atoms with van der Waals surface area (Å²) in [6, 6.07) is 0.334. The van der Waals surface area contributed by atoms with Gasteiger partial charge in [-0.1, -0.05) is 32.5 Å². The SMILES string of the molecule is CCSCC(C)n1c(C(C)C)cnc1SCC(=O)O. The van der Waals surface area contributed by atoms with E-state index < -0.39 is 5.97 Å². The van der Waals surface area contributed by atoms with Gasteiger partial charge >= 0.3 is 5.97 Å². The fourth-order valence-corrected chi connectivity index (χ4v) is 3.35. The van der Waals surface area contributed by atoms with Crippen LogP contribution in [0.3, 0.4) is 0 Å². The Balaban J connectivity index is 2.93. The van der Waals surface area contributed by atoms with Crippen molar-refractivity contribution in [1.82, 2.24) is 9.55 Å². The summed E-state index contributed by atoms with van der Waals surface area (Å²) >= 11 is 3.19. The molecule has 1 aromatic rings. The van der Waals surface area contributed by atoms with Crippen LogP contribution in [0.4, 0.5) is 0 Å².